The van der Waals surface area contributed by atoms with E-state index in [1.54, 1.807) is 32.4 Å². The number of nitrogens with zero attached hydrogens (tertiary/aromatic N) is 4. The molecule has 0 radical (unpaired) electrons. The van der Waals surface area contributed by atoms with Gasteiger partial charge >= 0.3 is 6.29 Å². The molecular weight excluding hydrogens is 448 g/mol. The molecule has 0 spiro atoms. The van der Waals surface area contributed by atoms with Crippen molar-refractivity contribution in [2.75, 3.05) is 19.5 Å². The Hall–Kier alpha value is -3.60. The van der Waals surface area contributed by atoms with E-state index in [9.17, 15) is 8.78 Å². The van der Waals surface area contributed by atoms with Crippen LogP contribution >= 0.6 is 11.6 Å². The molecule has 1 aliphatic rings. The van der Waals surface area contributed by atoms with Crippen molar-refractivity contribution in [2.24, 2.45) is 0 Å². The Morgan fingerprint density at radius 1 is 1.12 bits per heavy atom. The zero-order valence-electron chi connectivity index (χ0n) is 16.9. The van der Waals surface area contributed by atoms with Crippen LogP contribution < -0.4 is 24.3 Å². The zero-order valence-corrected chi connectivity index (χ0v) is 17.6. The number of fused-ring (bicyclic) bond motifs is 5. The lowest BCUT2D eigenvalue weighted by atomic mass is 10.2. The molecule has 4 aromatic rings. The summed E-state index contributed by atoms with van der Waals surface area (Å²) in [4.78, 5) is 8.90. The van der Waals surface area contributed by atoms with Gasteiger partial charge in [-0.3, -0.25) is 0 Å². The summed E-state index contributed by atoms with van der Waals surface area (Å²) in [6.07, 6.45) is -3.77. The largest absolute Gasteiger partial charge is 0.586 e. The average molecular weight is 464 g/mol. The molecule has 0 saturated carbocycles. The first-order valence-corrected chi connectivity index (χ1v) is 9.95. The van der Waals surface area contributed by atoms with Crippen molar-refractivity contribution in [3.63, 3.8) is 0 Å². The van der Waals surface area contributed by atoms with Crippen molar-refractivity contribution >= 4 is 34.1 Å². The van der Waals surface area contributed by atoms with Crippen LogP contribution in [-0.4, -0.2) is 40.1 Å². The van der Waals surface area contributed by atoms with Gasteiger partial charge in [-0.1, -0.05) is 0 Å². The predicted molar refractivity (Wildman–Crippen MR) is 111 cm³/mol. The Bertz CT molecular complexity index is 1350. The van der Waals surface area contributed by atoms with E-state index in [0.717, 1.165) is 5.56 Å². The maximum atomic E-state index is 13.7. The number of aromatic nitrogens is 4. The van der Waals surface area contributed by atoms with Crippen molar-refractivity contribution in [1.29, 1.82) is 0 Å². The SMILES string of the molecule is COc1ccc(CNc2nc3c4c(ccc3c3nc(CCl)nn23)OC(F)(F)O4)c(OC)c1. The molecule has 166 valence electrons. The normalized spacial score (nSPS) is 14.2. The molecule has 0 amide bonds. The number of hydrogen-bond donors (Lipinski definition) is 1. The van der Waals surface area contributed by atoms with Gasteiger partial charge < -0.3 is 24.3 Å². The summed E-state index contributed by atoms with van der Waals surface area (Å²) < 4.78 is 48.8. The molecule has 0 unspecified atom stereocenters. The van der Waals surface area contributed by atoms with Crippen LogP contribution in [0.4, 0.5) is 14.7 Å². The summed E-state index contributed by atoms with van der Waals surface area (Å²) >= 11 is 5.92. The summed E-state index contributed by atoms with van der Waals surface area (Å²) in [5, 5.41) is 7.98. The number of ether oxygens (including phenoxy) is 4. The molecule has 0 saturated heterocycles. The third-order valence-electron chi connectivity index (χ3n) is 4.91. The smallest absolute Gasteiger partial charge is 0.497 e. The van der Waals surface area contributed by atoms with Crippen molar-refractivity contribution in [3.05, 3.63) is 41.7 Å². The summed E-state index contributed by atoms with van der Waals surface area (Å²) in [6, 6.07) is 8.34. The standard InChI is InChI=1S/C20H16ClF2N5O4/c1-29-11-4-3-10(14(7-11)30-2)9-24-19-26-16-12(18-25-15(8-21)27-28(18)19)5-6-13-17(16)32-20(22,23)31-13/h3-7H,8-9H2,1-2H3,(H,24,26). The van der Waals surface area contributed by atoms with Gasteiger partial charge in [0.15, 0.2) is 23.0 Å². The Morgan fingerprint density at radius 3 is 2.72 bits per heavy atom. The lowest BCUT2D eigenvalue weighted by molar-refractivity contribution is -0.286. The molecular formula is C20H16ClF2N5O4. The van der Waals surface area contributed by atoms with Gasteiger partial charge in [-0.25, -0.2) is 9.97 Å². The molecule has 9 nitrogen and oxygen atoms in total. The summed E-state index contributed by atoms with van der Waals surface area (Å²) in [5.41, 5.74) is 1.35. The third-order valence-corrected chi connectivity index (χ3v) is 5.15. The van der Waals surface area contributed by atoms with Crippen molar-refractivity contribution in [2.45, 2.75) is 18.7 Å². The number of nitrogens with one attached hydrogen (secondary N) is 1. The first-order chi connectivity index (χ1) is 15.4. The molecule has 3 heterocycles. The molecule has 32 heavy (non-hydrogen) atoms. The van der Waals surface area contributed by atoms with Gasteiger partial charge in [0, 0.05) is 23.6 Å². The van der Waals surface area contributed by atoms with E-state index in [0.29, 0.717) is 34.9 Å². The molecule has 2 aromatic heterocycles. The van der Waals surface area contributed by atoms with E-state index in [1.807, 2.05) is 6.07 Å². The van der Waals surface area contributed by atoms with E-state index in [2.05, 4.69) is 25.1 Å². The summed E-state index contributed by atoms with van der Waals surface area (Å²) in [6.45, 7) is 0.291. The summed E-state index contributed by atoms with van der Waals surface area (Å²) in [7, 11) is 3.12. The van der Waals surface area contributed by atoms with Crippen LogP contribution in [0.3, 0.4) is 0 Å². The van der Waals surface area contributed by atoms with Gasteiger partial charge in [0.05, 0.1) is 20.1 Å². The van der Waals surface area contributed by atoms with Gasteiger partial charge in [-0.2, -0.15) is 4.52 Å². The molecule has 1 aliphatic heterocycles. The summed E-state index contributed by atoms with van der Waals surface area (Å²) in [5.74, 6) is 1.64. The third kappa shape index (κ3) is 3.34. The minimum atomic E-state index is -3.77. The number of hydrogen-bond acceptors (Lipinski definition) is 8. The Balaban J connectivity index is 1.61. The van der Waals surface area contributed by atoms with Gasteiger partial charge in [0.2, 0.25) is 5.95 Å². The van der Waals surface area contributed by atoms with Crippen molar-refractivity contribution in [3.8, 4) is 23.0 Å². The fraction of sp³-hybridized carbons (Fsp3) is 0.250. The van der Waals surface area contributed by atoms with E-state index in [-0.39, 0.29) is 28.8 Å². The highest BCUT2D eigenvalue weighted by Crippen LogP contribution is 2.45. The monoisotopic (exact) mass is 463 g/mol. The average Bonchev–Trinajstić information content (AvgIpc) is 3.37. The predicted octanol–water partition coefficient (Wildman–Crippen LogP) is 3.97. The molecule has 0 atom stereocenters. The van der Waals surface area contributed by atoms with Crippen LogP contribution in [-0.2, 0) is 12.4 Å². The van der Waals surface area contributed by atoms with Crippen LogP contribution in [0.15, 0.2) is 30.3 Å². The van der Waals surface area contributed by atoms with Crippen LogP contribution in [0, 0.1) is 0 Å². The highest BCUT2D eigenvalue weighted by molar-refractivity contribution is 6.16. The molecule has 0 fully saturated rings. The maximum absolute atomic E-state index is 13.7. The van der Waals surface area contributed by atoms with Gasteiger partial charge in [-0.05, 0) is 24.3 Å². The Morgan fingerprint density at radius 2 is 1.97 bits per heavy atom. The van der Waals surface area contributed by atoms with Gasteiger partial charge in [0.25, 0.3) is 0 Å². The molecule has 1 N–H and O–H groups in total. The van der Waals surface area contributed by atoms with Crippen LogP contribution in [0.25, 0.3) is 16.6 Å². The number of alkyl halides is 3. The van der Waals surface area contributed by atoms with Gasteiger partial charge in [-0.15, -0.1) is 25.5 Å². The first kappa shape index (κ1) is 20.3. The van der Waals surface area contributed by atoms with Gasteiger partial charge in [0.1, 0.15) is 17.0 Å². The fourth-order valence-electron chi connectivity index (χ4n) is 3.46. The minimum absolute atomic E-state index is 0.0670. The quantitative estimate of drug-likeness (QED) is 0.429. The second-order valence-corrected chi connectivity index (χ2v) is 7.09. The maximum Gasteiger partial charge on any atom is 0.586 e. The molecule has 0 bridgehead atoms. The highest BCUT2D eigenvalue weighted by Gasteiger charge is 2.45. The molecule has 2 aromatic carbocycles. The topological polar surface area (TPSA) is 92.0 Å². The molecule has 5 rings (SSSR count). The second-order valence-electron chi connectivity index (χ2n) is 6.82. The van der Waals surface area contributed by atoms with E-state index >= 15 is 0 Å². The van der Waals surface area contributed by atoms with Crippen LogP contribution in [0.1, 0.15) is 11.4 Å². The van der Waals surface area contributed by atoms with Crippen LogP contribution in [0.5, 0.6) is 23.0 Å². The second kappa shape index (κ2) is 7.52. The number of anilines is 1. The van der Waals surface area contributed by atoms with E-state index in [4.69, 9.17) is 25.8 Å². The van der Waals surface area contributed by atoms with Crippen molar-refractivity contribution < 1.29 is 27.7 Å². The highest BCUT2D eigenvalue weighted by atomic mass is 35.5. The minimum Gasteiger partial charge on any atom is -0.497 e. The zero-order chi connectivity index (χ0) is 22.5. The lowest BCUT2D eigenvalue weighted by Gasteiger charge is -2.13. The Kier molecular flexibility index (Phi) is 4.77. The van der Waals surface area contributed by atoms with E-state index < -0.39 is 6.29 Å². The van der Waals surface area contributed by atoms with E-state index in [1.165, 1.54) is 10.6 Å². The lowest BCUT2D eigenvalue weighted by Crippen LogP contribution is -2.26. The van der Waals surface area contributed by atoms with Crippen molar-refractivity contribution in [1.82, 2.24) is 19.6 Å². The molecule has 0 aliphatic carbocycles. The number of halogens is 3. The van der Waals surface area contributed by atoms with Crippen LogP contribution in [0.2, 0.25) is 0 Å². The number of benzene rings is 2. The number of methoxy groups -OCH3 is 2. The molecule has 12 heteroatoms. The first-order valence-electron chi connectivity index (χ1n) is 9.41. The number of rotatable bonds is 6. The fourth-order valence-corrected chi connectivity index (χ4v) is 3.58. The Labute approximate surface area is 184 Å².